The van der Waals surface area contributed by atoms with Gasteiger partial charge in [-0.05, 0) is 44.6 Å². The number of hydrogen-bond donors (Lipinski definition) is 1. The molecule has 1 unspecified atom stereocenters. The highest BCUT2D eigenvalue weighted by atomic mass is 16.1. The van der Waals surface area contributed by atoms with E-state index in [0.29, 0.717) is 6.54 Å². The molecular weight excluding hydrogens is 296 g/mol. The van der Waals surface area contributed by atoms with Gasteiger partial charge in [-0.2, -0.15) is 0 Å². The monoisotopic (exact) mass is 322 g/mol. The average molecular weight is 322 g/mol. The van der Waals surface area contributed by atoms with Crippen LogP contribution in [0.1, 0.15) is 16.7 Å². The van der Waals surface area contributed by atoms with E-state index in [1.807, 2.05) is 63.5 Å². The summed E-state index contributed by atoms with van der Waals surface area (Å²) in [5.74, 6) is -0.0589. The Labute approximate surface area is 145 Å². The van der Waals surface area contributed by atoms with Gasteiger partial charge in [0.1, 0.15) is 0 Å². The van der Waals surface area contributed by atoms with E-state index in [9.17, 15) is 4.79 Å². The molecule has 0 heterocycles. The predicted octanol–water partition coefficient (Wildman–Crippen LogP) is 3.30. The number of nitrogens with one attached hydrogen (secondary N) is 1. The Morgan fingerprint density at radius 3 is 2.54 bits per heavy atom. The maximum atomic E-state index is 12.1. The van der Waals surface area contributed by atoms with Crippen molar-refractivity contribution in [2.45, 2.75) is 19.4 Å². The number of benzene rings is 2. The summed E-state index contributed by atoms with van der Waals surface area (Å²) in [5.41, 5.74) is 3.51. The number of carbonyl (C=O) groups excluding carboxylic acids is 1. The zero-order chi connectivity index (χ0) is 17.4. The standard InChI is InChI=1S/C21H26N2O/c1-17-8-7-11-19(14-17)12-13-21(24)22-16-20(23(2)3)15-18-9-5-4-6-10-18/h4-14,20H,15-16H2,1-3H3,(H,22,24)/b13-12+. The van der Waals surface area contributed by atoms with Crippen molar-refractivity contribution in [1.29, 1.82) is 0 Å². The fraction of sp³-hybridized carbons (Fsp3) is 0.286. The molecule has 0 radical (unpaired) electrons. The van der Waals surface area contributed by atoms with Crippen LogP contribution in [0.25, 0.3) is 6.08 Å². The predicted molar refractivity (Wildman–Crippen MR) is 101 cm³/mol. The molecule has 0 bridgehead atoms. The van der Waals surface area contributed by atoms with Gasteiger partial charge >= 0.3 is 0 Å². The molecule has 1 atom stereocenters. The number of amides is 1. The molecule has 0 aliphatic rings. The first-order valence-electron chi connectivity index (χ1n) is 8.27. The highest BCUT2D eigenvalue weighted by Gasteiger charge is 2.12. The normalized spacial score (nSPS) is 12.5. The van der Waals surface area contributed by atoms with Crippen molar-refractivity contribution in [3.8, 4) is 0 Å². The zero-order valence-corrected chi connectivity index (χ0v) is 14.7. The van der Waals surface area contributed by atoms with E-state index in [1.54, 1.807) is 6.08 Å². The second kappa shape index (κ2) is 9.04. The molecule has 0 spiro atoms. The van der Waals surface area contributed by atoms with Gasteiger partial charge in [-0.15, -0.1) is 0 Å². The molecule has 0 aliphatic carbocycles. The van der Waals surface area contributed by atoms with Gasteiger partial charge in [0.25, 0.3) is 0 Å². The topological polar surface area (TPSA) is 32.3 Å². The van der Waals surface area contributed by atoms with E-state index < -0.39 is 0 Å². The van der Waals surface area contributed by atoms with Crippen molar-refractivity contribution in [3.05, 3.63) is 77.4 Å². The van der Waals surface area contributed by atoms with Crippen molar-refractivity contribution >= 4 is 12.0 Å². The first kappa shape index (κ1) is 18.0. The summed E-state index contributed by atoms with van der Waals surface area (Å²) in [6, 6.07) is 18.7. The molecule has 3 nitrogen and oxygen atoms in total. The largest absolute Gasteiger partial charge is 0.351 e. The molecule has 1 N–H and O–H groups in total. The van der Waals surface area contributed by atoms with Crippen molar-refractivity contribution in [2.75, 3.05) is 20.6 Å². The number of likely N-dealkylation sites (N-methyl/N-ethyl adjacent to an activating group) is 1. The molecule has 3 heteroatoms. The van der Waals surface area contributed by atoms with Crippen LogP contribution >= 0.6 is 0 Å². The highest BCUT2D eigenvalue weighted by molar-refractivity contribution is 5.91. The van der Waals surface area contributed by atoms with Crippen LogP contribution in [-0.4, -0.2) is 37.5 Å². The molecule has 2 aromatic rings. The smallest absolute Gasteiger partial charge is 0.244 e. The van der Waals surface area contributed by atoms with Crippen LogP contribution in [0.2, 0.25) is 0 Å². The first-order valence-corrected chi connectivity index (χ1v) is 8.27. The van der Waals surface area contributed by atoms with Gasteiger partial charge in [0.2, 0.25) is 5.91 Å². The summed E-state index contributed by atoms with van der Waals surface area (Å²) in [7, 11) is 4.09. The van der Waals surface area contributed by atoms with E-state index in [4.69, 9.17) is 0 Å². The fourth-order valence-electron chi connectivity index (χ4n) is 2.55. The van der Waals surface area contributed by atoms with Crippen LogP contribution in [0.5, 0.6) is 0 Å². The molecule has 2 rings (SSSR count). The molecule has 1 amide bonds. The lowest BCUT2D eigenvalue weighted by atomic mass is 10.1. The maximum absolute atomic E-state index is 12.1. The van der Waals surface area contributed by atoms with Gasteiger partial charge in [0.15, 0.2) is 0 Å². The number of hydrogen-bond acceptors (Lipinski definition) is 2. The quantitative estimate of drug-likeness (QED) is 0.793. The summed E-state index contributed by atoms with van der Waals surface area (Å²) >= 11 is 0. The Bertz CT molecular complexity index is 677. The minimum atomic E-state index is -0.0589. The summed E-state index contributed by atoms with van der Waals surface area (Å²) in [6.07, 6.45) is 4.37. The average Bonchev–Trinajstić information content (AvgIpc) is 2.57. The second-order valence-corrected chi connectivity index (χ2v) is 6.30. The fourth-order valence-corrected chi connectivity index (χ4v) is 2.55. The Balaban J connectivity index is 1.88. The zero-order valence-electron chi connectivity index (χ0n) is 14.7. The van der Waals surface area contributed by atoms with Crippen LogP contribution in [0.15, 0.2) is 60.7 Å². The Hall–Kier alpha value is -2.39. The third kappa shape index (κ3) is 6.01. The van der Waals surface area contributed by atoms with Gasteiger partial charge in [0.05, 0.1) is 0 Å². The maximum Gasteiger partial charge on any atom is 0.244 e. The molecule has 0 aromatic heterocycles. The van der Waals surface area contributed by atoms with Gasteiger partial charge in [-0.25, -0.2) is 0 Å². The SMILES string of the molecule is Cc1cccc(/C=C/C(=O)NCC(Cc2ccccc2)N(C)C)c1. The van der Waals surface area contributed by atoms with E-state index >= 15 is 0 Å². The summed E-state index contributed by atoms with van der Waals surface area (Å²) < 4.78 is 0. The lowest BCUT2D eigenvalue weighted by Gasteiger charge is -2.24. The van der Waals surface area contributed by atoms with Crippen molar-refractivity contribution in [3.63, 3.8) is 0 Å². The van der Waals surface area contributed by atoms with Crippen LogP contribution in [-0.2, 0) is 11.2 Å². The van der Waals surface area contributed by atoms with Gasteiger partial charge in [-0.3, -0.25) is 4.79 Å². The lowest BCUT2D eigenvalue weighted by Crippen LogP contribution is -2.41. The molecule has 0 saturated carbocycles. The van der Waals surface area contributed by atoms with Gasteiger partial charge in [-0.1, -0.05) is 60.2 Å². The summed E-state index contributed by atoms with van der Waals surface area (Å²) in [5, 5.41) is 3.00. The molecule has 0 saturated heterocycles. The molecular formula is C21H26N2O. The summed E-state index contributed by atoms with van der Waals surface area (Å²) in [4.78, 5) is 14.2. The third-order valence-corrected chi connectivity index (χ3v) is 4.03. The van der Waals surface area contributed by atoms with Gasteiger partial charge in [0, 0.05) is 18.7 Å². The first-order chi connectivity index (χ1) is 11.5. The minimum Gasteiger partial charge on any atom is -0.351 e. The summed E-state index contributed by atoms with van der Waals surface area (Å²) in [6.45, 7) is 2.67. The number of aryl methyl sites for hydroxylation is 1. The van der Waals surface area contributed by atoms with Crippen LogP contribution in [0.4, 0.5) is 0 Å². The molecule has 126 valence electrons. The van der Waals surface area contributed by atoms with E-state index in [1.165, 1.54) is 11.1 Å². The van der Waals surface area contributed by atoms with E-state index in [0.717, 1.165) is 12.0 Å². The van der Waals surface area contributed by atoms with E-state index in [-0.39, 0.29) is 11.9 Å². The molecule has 0 aliphatic heterocycles. The Morgan fingerprint density at radius 2 is 1.88 bits per heavy atom. The molecule has 2 aromatic carbocycles. The van der Waals surface area contributed by atoms with Crippen LogP contribution < -0.4 is 5.32 Å². The molecule has 0 fully saturated rings. The number of rotatable bonds is 7. The second-order valence-electron chi connectivity index (χ2n) is 6.30. The number of carbonyl (C=O) groups is 1. The minimum absolute atomic E-state index is 0.0589. The van der Waals surface area contributed by atoms with Crippen molar-refractivity contribution in [1.82, 2.24) is 10.2 Å². The van der Waals surface area contributed by atoms with E-state index in [2.05, 4.69) is 28.4 Å². The lowest BCUT2D eigenvalue weighted by molar-refractivity contribution is -0.116. The highest BCUT2D eigenvalue weighted by Crippen LogP contribution is 2.07. The number of nitrogens with zero attached hydrogens (tertiary/aromatic N) is 1. The van der Waals surface area contributed by atoms with Crippen LogP contribution in [0, 0.1) is 6.92 Å². The van der Waals surface area contributed by atoms with Crippen LogP contribution in [0.3, 0.4) is 0 Å². The Kier molecular flexibility index (Phi) is 6.76. The molecule has 24 heavy (non-hydrogen) atoms. The Morgan fingerprint density at radius 1 is 1.12 bits per heavy atom. The van der Waals surface area contributed by atoms with Crippen molar-refractivity contribution < 1.29 is 4.79 Å². The van der Waals surface area contributed by atoms with Gasteiger partial charge < -0.3 is 10.2 Å². The van der Waals surface area contributed by atoms with Crippen molar-refractivity contribution in [2.24, 2.45) is 0 Å². The third-order valence-electron chi connectivity index (χ3n) is 4.03.